The second-order valence-corrected chi connectivity index (χ2v) is 7.29. The molecule has 0 bridgehead atoms. The maximum Gasteiger partial charge on any atom is 0.123 e. The van der Waals surface area contributed by atoms with E-state index < -0.39 is 0 Å². The van der Waals surface area contributed by atoms with E-state index in [1.165, 1.54) is 17.0 Å². The van der Waals surface area contributed by atoms with Gasteiger partial charge in [-0.15, -0.1) is 11.3 Å². The minimum atomic E-state index is -0.219. The number of halogens is 2. The third-order valence-corrected chi connectivity index (χ3v) is 5.41. The monoisotopic (exact) mass is 356 g/mol. The Labute approximate surface area is 131 Å². The van der Waals surface area contributed by atoms with Crippen molar-refractivity contribution >= 4 is 27.3 Å². The molecule has 0 fully saturated rings. The number of rotatable bonds is 5. The molecule has 1 aromatic carbocycles. The summed E-state index contributed by atoms with van der Waals surface area (Å²) in [4.78, 5) is 1.26. The van der Waals surface area contributed by atoms with Crippen LogP contribution in [0.4, 0.5) is 4.39 Å². The van der Waals surface area contributed by atoms with Gasteiger partial charge in [-0.05, 0) is 46.1 Å². The lowest BCUT2D eigenvalue weighted by atomic mass is 9.76. The number of benzene rings is 1. The van der Waals surface area contributed by atoms with Crippen molar-refractivity contribution in [3.8, 4) is 0 Å². The Balaban J connectivity index is 2.22. The molecule has 0 aliphatic carbocycles. The van der Waals surface area contributed by atoms with Crippen LogP contribution in [-0.4, -0.2) is 6.04 Å². The average molecular weight is 357 g/mol. The van der Waals surface area contributed by atoms with E-state index in [9.17, 15) is 4.39 Å². The van der Waals surface area contributed by atoms with Gasteiger partial charge in [-0.25, -0.2) is 4.39 Å². The molecule has 1 heterocycles. The third-order valence-electron chi connectivity index (χ3n) is 3.69. The summed E-state index contributed by atoms with van der Waals surface area (Å²) in [7, 11) is 0. The van der Waals surface area contributed by atoms with Gasteiger partial charge in [0.05, 0.1) is 0 Å². The molecule has 3 N–H and O–H groups in total. The second-order valence-electron chi connectivity index (χ2n) is 5.38. The Hall–Kier alpha value is -0.750. The van der Waals surface area contributed by atoms with Gasteiger partial charge in [-0.2, -0.15) is 0 Å². The van der Waals surface area contributed by atoms with Crippen molar-refractivity contribution in [3.63, 3.8) is 0 Å². The van der Waals surface area contributed by atoms with Crippen LogP contribution in [0.1, 0.15) is 24.3 Å². The Kier molecular flexibility index (Phi) is 4.96. The second kappa shape index (κ2) is 6.35. The molecule has 2 nitrogen and oxygen atoms in total. The first-order valence-corrected chi connectivity index (χ1v) is 8.06. The van der Waals surface area contributed by atoms with Gasteiger partial charge in [0.25, 0.3) is 0 Å². The van der Waals surface area contributed by atoms with Crippen molar-refractivity contribution in [2.24, 2.45) is 5.84 Å². The summed E-state index contributed by atoms with van der Waals surface area (Å²) >= 11 is 5.17. The zero-order valence-corrected chi connectivity index (χ0v) is 13.9. The van der Waals surface area contributed by atoms with Crippen molar-refractivity contribution in [1.82, 2.24) is 5.43 Å². The molecule has 0 spiro atoms. The van der Waals surface area contributed by atoms with Crippen molar-refractivity contribution in [1.29, 1.82) is 0 Å². The fourth-order valence-electron chi connectivity index (χ4n) is 2.27. The van der Waals surface area contributed by atoms with Crippen LogP contribution in [0.5, 0.6) is 0 Å². The van der Waals surface area contributed by atoms with E-state index in [1.54, 1.807) is 11.3 Å². The number of hydrogen-bond acceptors (Lipinski definition) is 3. The molecule has 2 aromatic rings. The highest BCUT2D eigenvalue weighted by molar-refractivity contribution is 9.10. The number of thiophene rings is 1. The maximum absolute atomic E-state index is 13.1. The summed E-state index contributed by atoms with van der Waals surface area (Å²) in [5.74, 6) is 5.53. The first-order valence-electron chi connectivity index (χ1n) is 6.38. The minimum Gasteiger partial charge on any atom is -0.271 e. The molecule has 5 heteroatoms. The highest BCUT2D eigenvalue weighted by Crippen LogP contribution is 2.31. The lowest BCUT2D eigenvalue weighted by Crippen LogP contribution is -2.49. The van der Waals surface area contributed by atoms with Gasteiger partial charge in [-0.1, -0.05) is 26.0 Å². The van der Waals surface area contributed by atoms with Crippen molar-refractivity contribution in [3.05, 3.63) is 56.4 Å². The first-order chi connectivity index (χ1) is 9.43. The normalized spacial score (nSPS) is 13.4. The summed E-state index contributed by atoms with van der Waals surface area (Å²) < 4.78 is 14.2. The van der Waals surface area contributed by atoms with E-state index in [1.807, 2.05) is 12.1 Å². The van der Waals surface area contributed by atoms with Crippen molar-refractivity contribution in [2.75, 3.05) is 0 Å². The molecule has 20 heavy (non-hydrogen) atoms. The largest absolute Gasteiger partial charge is 0.271 e. The fourth-order valence-corrected chi connectivity index (χ4v) is 3.76. The molecule has 1 unspecified atom stereocenters. The molecule has 2 rings (SSSR count). The summed E-state index contributed by atoms with van der Waals surface area (Å²) in [6, 6.07) is 8.81. The Morgan fingerprint density at radius 1 is 1.35 bits per heavy atom. The van der Waals surface area contributed by atoms with Gasteiger partial charge >= 0.3 is 0 Å². The maximum atomic E-state index is 13.1. The molecular formula is C15H18BrFN2S. The number of nitrogens with one attached hydrogen (secondary N) is 1. The molecule has 1 aromatic heterocycles. The molecule has 108 valence electrons. The van der Waals surface area contributed by atoms with Gasteiger partial charge in [0.1, 0.15) is 5.82 Å². The van der Waals surface area contributed by atoms with E-state index in [0.717, 1.165) is 16.5 Å². The van der Waals surface area contributed by atoms with E-state index in [2.05, 4.69) is 46.6 Å². The van der Waals surface area contributed by atoms with Gasteiger partial charge in [0, 0.05) is 26.2 Å². The van der Waals surface area contributed by atoms with Crippen molar-refractivity contribution in [2.45, 2.75) is 31.7 Å². The van der Waals surface area contributed by atoms with Crippen LogP contribution < -0.4 is 11.3 Å². The van der Waals surface area contributed by atoms with E-state index in [-0.39, 0.29) is 17.3 Å². The van der Waals surface area contributed by atoms with E-state index in [4.69, 9.17) is 5.84 Å². The summed E-state index contributed by atoms with van der Waals surface area (Å²) in [6.07, 6.45) is 0.830. The number of hydrazine groups is 1. The highest BCUT2D eigenvalue weighted by atomic mass is 79.9. The third kappa shape index (κ3) is 3.47. The van der Waals surface area contributed by atoms with Gasteiger partial charge in [0.15, 0.2) is 0 Å². The molecule has 1 atom stereocenters. The van der Waals surface area contributed by atoms with Crippen LogP contribution in [0.15, 0.2) is 40.2 Å². The number of nitrogens with two attached hydrogens (primary N) is 1. The van der Waals surface area contributed by atoms with Crippen LogP contribution in [0, 0.1) is 5.82 Å². The summed E-state index contributed by atoms with van der Waals surface area (Å²) in [6.45, 7) is 4.24. The lowest BCUT2D eigenvalue weighted by molar-refractivity contribution is 0.343. The molecule has 0 radical (unpaired) electrons. The minimum absolute atomic E-state index is 0.0681. The molecule has 0 saturated carbocycles. The zero-order valence-electron chi connectivity index (χ0n) is 11.5. The molecule has 0 aliphatic rings. The Morgan fingerprint density at radius 3 is 2.50 bits per heavy atom. The molecule has 0 aliphatic heterocycles. The molecule has 0 saturated heterocycles. The van der Waals surface area contributed by atoms with Crippen LogP contribution in [-0.2, 0) is 11.8 Å². The lowest BCUT2D eigenvalue weighted by Gasteiger charge is -2.34. The SMILES string of the molecule is CC(C)(c1ccc(F)cc1)C(Cc1cc(Br)cs1)NN. The summed E-state index contributed by atoms with van der Waals surface area (Å²) in [5, 5.41) is 2.06. The quantitative estimate of drug-likeness (QED) is 0.627. The van der Waals surface area contributed by atoms with Crippen molar-refractivity contribution < 1.29 is 4.39 Å². The standard InChI is InChI=1S/C15H18BrFN2S/c1-15(2,10-3-5-12(17)6-4-10)14(19-18)8-13-7-11(16)9-20-13/h3-7,9,14,19H,8,18H2,1-2H3. The van der Waals surface area contributed by atoms with Crippen LogP contribution in [0.3, 0.4) is 0 Å². The van der Waals surface area contributed by atoms with Gasteiger partial charge in [0.2, 0.25) is 0 Å². The fraction of sp³-hybridized carbons (Fsp3) is 0.333. The molecule has 0 amide bonds. The zero-order chi connectivity index (χ0) is 14.8. The Morgan fingerprint density at radius 2 is 2.00 bits per heavy atom. The number of hydrogen-bond donors (Lipinski definition) is 2. The smallest absolute Gasteiger partial charge is 0.123 e. The predicted molar refractivity (Wildman–Crippen MR) is 86.3 cm³/mol. The highest BCUT2D eigenvalue weighted by Gasteiger charge is 2.31. The van der Waals surface area contributed by atoms with Crippen LogP contribution in [0.25, 0.3) is 0 Å². The average Bonchev–Trinajstić information content (AvgIpc) is 2.82. The van der Waals surface area contributed by atoms with E-state index in [0.29, 0.717) is 0 Å². The first kappa shape index (κ1) is 15.6. The van der Waals surface area contributed by atoms with E-state index >= 15 is 0 Å². The van der Waals surface area contributed by atoms with Gasteiger partial charge in [-0.3, -0.25) is 11.3 Å². The Bertz CT molecular complexity index is 566. The van der Waals surface area contributed by atoms with Gasteiger partial charge < -0.3 is 0 Å². The summed E-state index contributed by atoms with van der Waals surface area (Å²) in [5.41, 5.74) is 3.78. The van der Waals surface area contributed by atoms with Crippen LogP contribution in [0.2, 0.25) is 0 Å². The van der Waals surface area contributed by atoms with Crippen LogP contribution >= 0.6 is 27.3 Å². The topological polar surface area (TPSA) is 38.0 Å². The predicted octanol–water partition coefficient (Wildman–Crippen LogP) is 4.00. The molecular weight excluding hydrogens is 339 g/mol.